The predicted octanol–water partition coefficient (Wildman–Crippen LogP) is 0.436. The molecule has 4 atom stereocenters. The normalized spacial score (nSPS) is 43.3. The van der Waals surface area contributed by atoms with Gasteiger partial charge in [-0.2, -0.15) is 0 Å². The molecule has 3 aliphatic rings. The number of hydrogen-bond donors (Lipinski definition) is 1. The maximum Gasteiger partial charge on any atom is 0.0382 e. The molecule has 0 aromatic carbocycles. The Balaban J connectivity index is 1.70. The first kappa shape index (κ1) is 13.8. The summed E-state index contributed by atoms with van der Waals surface area (Å²) >= 11 is 0. The first-order valence-corrected chi connectivity index (χ1v) is 7.99. The van der Waals surface area contributed by atoms with Gasteiger partial charge >= 0.3 is 0 Å². The summed E-state index contributed by atoms with van der Waals surface area (Å²) in [7, 11) is 4.60. The number of piperidine rings is 1. The largest absolute Gasteiger partial charge is 0.329 e. The molecule has 0 aliphatic carbocycles. The van der Waals surface area contributed by atoms with Crippen LogP contribution >= 0.6 is 0 Å². The van der Waals surface area contributed by atoms with Crippen LogP contribution in [0.5, 0.6) is 0 Å². The fourth-order valence-electron chi connectivity index (χ4n) is 4.67. The molecular formula is C15H30N4. The van der Waals surface area contributed by atoms with Crippen LogP contribution < -0.4 is 5.73 Å². The summed E-state index contributed by atoms with van der Waals surface area (Å²) < 4.78 is 0. The number of rotatable bonds is 4. The van der Waals surface area contributed by atoms with E-state index in [1.54, 1.807) is 0 Å². The highest BCUT2D eigenvalue weighted by molar-refractivity contribution is 5.05. The van der Waals surface area contributed by atoms with Crippen molar-refractivity contribution in [1.82, 2.24) is 14.7 Å². The van der Waals surface area contributed by atoms with Gasteiger partial charge in [-0.3, -0.25) is 4.90 Å². The molecule has 3 saturated heterocycles. The van der Waals surface area contributed by atoms with Crippen molar-refractivity contribution in [2.24, 2.45) is 11.7 Å². The smallest absolute Gasteiger partial charge is 0.0382 e. The van der Waals surface area contributed by atoms with Crippen molar-refractivity contribution in [2.45, 2.75) is 37.3 Å². The topological polar surface area (TPSA) is 35.7 Å². The summed E-state index contributed by atoms with van der Waals surface area (Å²) in [6.45, 7) is 7.12. The summed E-state index contributed by atoms with van der Waals surface area (Å²) in [6.07, 6.45) is 5.34. The van der Waals surface area contributed by atoms with E-state index in [0.29, 0.717) is 0 Å². The van der Waals surface area contributed by atoms with E-state index in [9.17, 15) is 0 Å². The lowest BCUT2D eigenvalue weighted by Gasteiger charge is -2.49. The van der Waals surface area contributed by atoms with Gasteiger partial charge < -0.3 is 15.5 Å². The minimum atomic E-state index is 0.274. The quantitative estimate of drug-likeness (QED) is 0.801. The zero-order valence-corrected chi connectivity index (χ0v) is 12.6. The van der Waals surface area contributed by atoms with E-state index in [2.05, 4.69) is 28.8 Å². The Morgan fingerprint density at radius 3 is 2.79 bits per heavy atom. The zero-order valence-electron chi connectivity index (χ0n) is 12.6. The van der Waals surface area contributed by atoms with Crippen LogP contribution in [0.25, 0.3) is 0 Å². The molecule has 3 rings (SSSR count). The van der Waals surface area contributed by atoms with E-state index in [-0.39, 0.29) is 5.54 Å². The number of likely N-dealkylation sites (N-methyl/N-ethyl adjacent to an activating group) is 2. The van der Waals surface area contributed by atoms with Crippen LogP contribution in [0.1, 0.15) is 25.7 Å². The van der Waals surface area contributed by atoms with Gasteiger partial charge in [-0.1, -0.05) is 0 Å². The maximum absolute atomic E-state index is 6.26. The second-order valence-corrected chi connectivity index (χ2v) is 7.00. The Kier molecular flexibility index (Phi) is 3.87. The van der Waals surface area contributed by atoms with Gasteiger partial charge in [0.1, 0.15) is 0 Å². The van der Waals surface area contributed by atoms with Gasteiger partial charge in [0.2, 0.25) is 0 Å². The molecule has 0 aromatic heterocycles. The van der Waals surface area contributed by atoms with E-state index in [1.165, 1.54) is 58.4 Å². The van der Waals surface area contributed by atoms with Crippen LogP contribution in [0.3, 0.4) is 0 Å². The second kappa shape index (κ2) is 5.32. The SMILES string of the molecule is CN1CCCC1CN(C)C1(CN)CCN2CCC1C2. The lowest BCUT2D eigenvalue weighted by atomic mass is 9.77. The molecule has 4 heteroatoms. The maximum atomic E-state index is 6.26. The van der Waals surface area contributed by atoms with Crippen LogP contribution in [0.15, 0.2) is 0 Å². The number of nitrogens with two attached hydrogens (primary N) is 1. The molecule has 19 heavy (non-hydrogen) atoms. The third-order valence-electron chi connectivity index (χ3n) is 6.16. The second-order valence-electron chi connectivity index (χ2n) is 7.00. The molecule has 0 aromatic rings. The minimum Gasteiger partial charge on any atom is -0.329 e. The minimum absolute atomic E-state index is 0.274. The van der Waals surface area contributed by atoms with E-state index < -0.39 is 0 Å². The van der Waals surface area contributed by atoms with Crippen LogP contribution in [0, 0.1) is 5.92 Å². The van der Waals surface area contributed by atoms with Crippen molar-refractivity contribution in [1.29, 1.82) is 0 Å². The lowest BCUT2D eigenvalue weighted by Crippen LogP contribution is -2.62. The van der Waals surface area contributed by atoms with Gasteiger partial charge in [-0.25, -0.2) is 0 Å². The number of hydrogen-bond acceptors (Lipinski definition) is 4. The summed E-state index contributed by atoms with van der Waals surface area (Å²) in [5, 5.41) is 0. The van der Waals surface area contributed by atoms with Gasteiger partial charge in [0.25, 0.3) is 0 Å². The van der Waals surface area contributed by atoms with Gasteiger partial charge in [0.15, 0.2) is 0 Å². The van der Waals surface area contributed by atoms with Gasteiger partial charge in [-0.05, 0) is 65.3 Å². The molecule has 110 valence electrons. The number of nitrogens with zero attached hydrogens (tertiary/aromatic N) is 3. The van der Waals surface area contributed by atoms with Gasteiger partial charge in [-0.15, -0.1) is 0 Å². The summed E-state index contributed by atoms with van der Waals surface area (Å²) in [5.74, 6) is 0.794. The molecule has 4 nitrogen and oxygen atoms in total. The molecule has 0 amide bonds. The standard InChI is InChI=1S/C15H30N4/c1-17-7-3-4-14(17)11-18(2)15(12-16)6-9-19-8-5-13(15)10-19/h13-14H,3-12,16H2,1-2H3. The average molecular weight is 266 g/mol. The molecule has 0 radical (unpaired) electrons. The molecule has 2 bridgehead atoms. The predicted molar refractivity (Wildman–Crippen MR) is 79.2 cm³/mol. The van der Waals surface area contributed by atoms with E-state index in [0.717, 1.165) is 18.5 Å². The van der Waals surface area contributed by atoms with Crippen LogP contribution in [0.2, 0.25) is 0 Å². The van der Waals surface area contributed by atoms with Crippen molar-refractivity contribution >= 4 is 0 Å². The molecule has 3 fully saturated rings. The van der Waals surface area contributed by atoms with Gasteiger partial charge in [0.05, 0.1) is 0 Å². The van der Waals surface area contributed by atoms with Crippen LogP contribution in [-0.2, 0) is 0 Å². The highest BCUT2D eigenvalue weighted by Crippen LogP contribution is 2.39. The Hall–Kier alpha value is -0.160. The number of likely N-dealkylation sites (tertiary alicyclic amines) is 1. The van der Waals surface area contributed by atoms with E-state index in [1.807, 2.05) is 0 Å². The Bertz CT molecular complexity index is 321. The Morgan fingerprint density at radius 1 is 1.26 bits per heavy atom. The molecule has 3 aliphatic heterocycles. The van der Waals surface area contributed by atoms with E-state index in [4.69, 9.17) is 5.73 Å². The Morgan fingerprint density at radius 2 is 2.11 bits per heavy atom. The third-order valence-corrected chi connectivity index (χ3v) is 6.16. The summed E-state index contributed by atoms with van der Waals surface area (Å²) in [6, 6.07) is 0.743. The van der Waals surface area contributed by atoms with Gasteiger partial charge in [0, 0.05) is 31.2 Å². The summed E-state index contributed by atoms with van der Waals surface area (Å²) in [5.41, 5.74) is 6.53. The molecule has 4 unspecified atom stereocenters. The first-order chi connectivity index (χ1) is 9.15. The molecular weight excluding hydrogens is 236 g/mol. The van der Waals surface area contributed by atoms with Crippen molar-refractivity contribution < 1.29 is 0 Å². The fourth-order valence-corrected chi connectivity index (χ4v) is 4.67. The molecule has 3 heterocycles. The monoisotopic (exact) mass is 266 g/mol. The number of fused-ring (bicyclic) bond motifs is 2. The average Bonchev–Trinajstić information content (AvgIpc) is 2.99. The van der Waals surface area contributed by atoms with Crippen molar-refractivity contribution in [3.8, 4) is 0 Å². The Labute approximate surface area is 117 Å². The van der Waals surface area contributed by atoms with E-state index >= 15 is 0 Å². The fraction of sp³-hybridized carbons (Fsp3) is 1.00. The molecule has 2 N–H and O–H groups in total. The zero-order chi connectivity index (χ0) is 13.5. The highest BCUT2D eigenvalue weighted by atomic mass is 15.3. The molecule has 0 spiro atoms. The lowest BCUT2D eigenvalue weighted by molar-refractivity contribution is 0.0141. The van der Waals surface area contributed by atoms with Crippen LogP contribution in [-0.4, -0.2) is 79.6 Å². The van der Waals surface area contributed by atoms with Crippen molar-refractivity contribution in [3.05, 3.63) is 0 Å². The first-order valence-electron chi connectivity index (χ1n) is 7.99. The van der Waals surface area contributed by atoms with Crippen LogP contribution in [0.4, 0.5) is 0 Å². The molecule has 0 saturated carbocycles. The highest BCUT2D eigenvalue weighted by Gasteiger charge is 2.48. The van der Waals surface area contributed by atoms with Crippen molar-refractivity contribution in [2.75, 3.05) is 53.4 Å². The summed E-state index contributed by atoms with van der Waals surface area (Å²) in [4.78, 5) is 7.78. The third kappa shape index (κ3) is 2.33. The van der Waals surface area contributed by atoms with Crippen molar-refractivity contribution in [3.63, 3.8) is 0 Å².